The highest BCUT2D eigenvalue weighted by atomic mass is 32.1. The monoisotopic (exact) mass is 533 g/mol. The number of anilines is 2. The lowest BCUT2D eigenvalue weighted by atomic mass is 10.0. The molecule has 9 nitrogen and oxygen atoms in total. The molecule has 37 heavy (non-hydrogen) atoms. The summed E-state index contributed by atoms with van der Waals surface area (Å²) >= 11 is 1.41. The Hall–Kier alpha value is -3.29. The lowest BCUT2D eigenvalue weighted by Gasteiger charge is -2.21. The van der Waals surface area contributed by atoms with Crippen molar-refractivity contribution in [2.24, 2.45) is 13.0 Å². The van der Waals surface area contributed by atoms with Crippen molar-refractivity contribution in [2.45, 2.75) is 44.2 Å². The van der Waals surface area contributed by atoms with Gasteiger partial charge in [0.25, 0.3) is 0 Å². The van der Waals surface area contributed by atoms with Crippen LogP contribution in [0.3, 0.4) is 0 Å². The number of hydrogen-bond acceptors (Lipinski definition) is 9. The predicted molar refractivity (Wildman–Crippen MR) is 134 cm³/mol. The molecule has 3 aromatic heterocycles. The number of alkyl halides is 3. The van der Waals surface area contributed by atoms with Crippen molar-refractivity contribution in [3.8, 4) is 10.6 Å². The first-order valence-corrected chi connectivity index (χ1v) is 12.5. The maximum Gasteiger partial charge on any atom is 0.405 e. The summed E-state index contributed by atoms with van der Waals surface area (Å²) in [5, 5.41) is 27.6. The van der Waals surface area contributed by atoms with Crippen LogP contribution in [0, 0.1) is 12.8 Å². The topological polar surface area (TPSA) is 121 Å². The normalized spacial score (nSPS) is 22.0. The highest BCUT2D eigenvalue weighted by Crippen LogP contribution is 2.38. The molecule has 4 aromatic rings. The zero-order valence-corrected chi connectivity index (χ0v) is 20.9. The van der Waals surface area contributed by atoms with E-state index in [0.717, 1.165) is 16.0 Å². The van der Waals surface area contributed by atoms with Crippen LogP contribution in [0.4, 0.5) is 24.9 Å². The van der Waals surface area contributed by atoms with Crippen LogP contribution in [0.2, 0.25) is 0 Å². The fourth-order valence-electron chi connectivity index (χ4n) is 4.64. The molecule has 0 amide bonds. The second kappa shape index (κ2) is 9.88. The summed E-state index contributed by atoms with van der Waals surface area (Å²) in [5.74, 6) is 0.554. The highest BCUT2D eigenvalue weighted by Gasteiger charge is 2.42. The van der Waals surface area contributed by atoms with Crippen molar-refractivity contribution in [1.29, 1.82) is 0 Å². The van der Waals surface area contributed by atoms with E-state index in [2.05, 4.69) is 30.6 Å². The Bertz CT molecular complexity index is 1370. The number of imidazole rings is 1. The zero-order chi connectivity index (χ0) is 26.3. The molecule has 1 aromatic carbocycles. The molecule has 196 valence electrons. The second-order valence-electron chi connectivity index (χ2n) is 9.20. The minimum absolute atomic E-state index is 0.195. The van der Waals surface area contributed by atoms with Crippen LogP contribution in [-0.4, -0.2) is 65.7 Å². The SMILES string of the molecule is Cc1nc(NCC(F)(F)F)nc(N[C@@H]2C[C@H](Cc3nccn3C)[C@@H](O)[C@H]2O)c1-c1nc2ccccc2s1. The Morgan fingerprint density at radius 2 is 1.92 bits per heavy atom. The zero-order valence-electron chi connectivity index (χ0n) is 20.1. The summed E-state index contributed by atoms with van der Waals surface area (Å²) in [6.07, 6.45) is -2.21. The number of nitrogens with one attached hydrogen (secondary N) is 2. The highest BCUT2D eigenvalue weighted by molar-refractivity contribution is 7.21. The number of aliphatic hydroxyl groups is 2. The first-order chi connectivity index (χ1) is 17.6. The third kappa shape index (κ3) is 5.38. The quantitative estimate of drug-likeness (QED) is 0.285. The predicted octanol–water partition coefficient (Wildman–Crippen LogP) is 3.53. The van der Waals surface area contributed by atoms with Gasteiger partial charge in [-0.05, 0) is 31.4 Å². The third-order valence-corrected chi connectivity index (χ3v) is 7.59. The molecule has 5 rings (SSSR count). The van der Waals surface area contributed by atoms with Crippen molar-refractivity contribution in [2.75, 3.05) is 17.2 Å². The number of fused-ring (bicyclic) bond motifs is 1. The molecule has 1 fully saturated rings. The lowest BCUT2D eigenvalue weighted by Crippen LogP contribution is -2.35. The van der Waals surface area contributed by atoms with Gasteiger partial charge >= 0.3 is 6.18 Å². The number of aryl methyl sites for hydroxylation is 2. The van der Waals surface area contributed by atoms with Gasteiger partial charge in [-0.1, -0.05) is 12.1 Å². The summed E-state index contributed by atoms with van der Waals surface area (Å²) in [6, 6.07) is 6.97. The van der Waals surface area contributed by atoms with Gasteiger partial charge < -0.3 is 25.4 Å². The maximum absolute atomic E-state index is 12.8. The molecule has 4 atom stereocenters. The van der Waals surface area contributed by atoms with E-state index in [1.54, 1.807) is 13.1 Å². The van der Waals surface area contributed by atoms with Crippen LogP contribution in [0.5, 0.6) is 0 Å². The van der Waals surface area contributed by atoms with Crippen molar-refractivity contribution >= 4 is 33.3 Å². The van der Waals surface area contributed by atoms with Crippen LogP contribution in [-0.2, 0) is 13.5 Å². The molecular weight excluding hydrogens is 507 g/mol. The Balaban J connectivity index is 1.48. The summed E-state index contributed by atoms with van der Waals surface area (Å²) in [4.78, 5) is 17.6. The Kier molecular flexibility index (Phi) is 6.77. The molecule has 0 spiro atoms. The fraction of sp³-hybridized carbons (Fsp3) is 0.417. The van der Waals surface area contributed by atoms with Gasteiger partial charge in [-0.2, -0.15) is 18.2 Å². The van der Waals surface area contributed by atoms with Gasteiger partial charge in [0.05, 0.1) is 33.6 Å². The molecule has 4 N–H and O–H groups in total. The van der Waals surface area contributed by atoms with Crippen LogP contribution < -0.4 is 10.6 Å². The first-order valence-electron chi connectivity index (χ1n) is 11.7. The molecular formula is C24H26F3N7O2S. The molecule has 1 aliphatic rings. The van der Waals surface area contributed by atoms with E-state index in [1.807, 2.05) is 42.1 Å². The molecule has 0 unspecified atom stereocenters. The van der Waals surface area contributed by atoms with Gasteiger partial charge in [0.2, 0.25) is 5.95 Å². The average molecular weight is 534 g/mol. The summed E-state index contributed by atoms with van der Waals surface area (Å²) in [7, 11) is 1.86. The smallest absolute Gasteiger partial charge is 0.390 e. The largest absolute Gasteiger partial charge is 0.405 e. The Morgan fingerprint density at radius 3 is 2.62 bits per heavy atom. The number of aliphatic hydroxyl groups excluding tert-OH is 2. The number of hydrogen-bond donors (Lipinski definition) is 4. The maximum atomic E-state index is 12.8. The van der Waals surface area contributed by atoms with Crippen LogP contribution >= 0.6 is 11.3 Å². The summed E-state index contributed by atoms with van der Waals surface area (Å²) in [6.45, 7) is 0.389. The number of nitrogens with zero attached hydrogens (tertiary/aromatic N) is 5. The van der Waals surface area contributed by atoms with Crippen LogP contribution in [0.25, 0.3) is 20.8 Å². The average Bonchev–Trinajstić information content (AvgIpc) is 3.52. The summed E-state index contributed by atoms with van der Waals surface area (Å²) in [5.41, 5.74) is 1.74. The molecule has 0 radical (unpaired) electrons. The van der Waals surface area contributed by atoms with Crippen LogP contribution in [0.1, 0.15) is 17.9 Å². The van der Waals surface area contributed by atoms with Crippen molar-refractivity contribution in [3.05, 3.63) is 48.2 Å². The number of para-hydroxylation sites is 1. The molecule has 0 aliphatic heterocycles. The third-order valence-electron chi connectivity index (χ3n) is 6.53. The van der Waals surface area contributed by atoms with Gasteiger partial charge in [-0.3, -0.25) is 0 Å². The number of aromatic nitrogens is 5. The van der Waals surface area contributed by atoms with Gasteiger partial charge in [0.15, 0.2) is 0 Å². The van der Waals surface area contributed by atoms with E-state index < -0.39 is 31.0 Å². The van der Waals surface area contributed by atoms with E-state index in [0.29, 0.717) is 29.1 Å². The fourth-order valence-corrected chi connectivity index (χ4v) is 5.71. The van der Waals surface area contributed by atoms with E-state index in [9.17, 15) is 23.4 Å². The molecule has 0 saturated heterocycles. The number of rotatable bonds is 7. The Morgan fingerprint density at radius 1 is 1.14 bits per heavy atom. The van der Waals surface area contributed by atoms with E-state index in [1.165, 1.54) is 11.3 Å². The van der Waals surface area contributed by atoms with E-state index in [4.69, 9.17) is 0 Å². The molecule has 3 heterocycles. The lowest BCUT2D eigenvalue weighted by molar-refractivity contribution is -0.115. The van der Waals surface area contributed by atoms with Crippen molar-refractivity contribution in [3.63, 3.8) is 0 Å². The van der Waals surface area contributed by atoms with Crippen molar-refractivity contribution in [1.82, 2.24) is 24.5 Å². The minimum Gasteiger partial charge on any atom is -0.390 e. The van der Waals surface area contributed by atoms with E-state index >= 15 is 0 Å². The molecule has 1 saturated carbocycles. The molecule has 13 heteroatoms. The standard InChI is InChI=1S/C24H26F3N7O2S/c1-12-18(22-32-14-5-3-4-6-16(14)37-22)21(33-23(30-12)29-11-24(25,26)27)31-15-9-13(19(35)20(15)36)10-17-28-7-8-34(17)2/h3-8,13,15,19-20,35-36H,9-11H2,1-2H3,(H2,29,30,31,33)/t13-,15-,19-,20+/m1/s1. The van der Waals surface area contributed by atoms with E-state index in [-0.39, 0.29) is 17.7 Å². The number of thiazole rings is 1. The number of halogens is 3. The van der Waals surface area contributed by atoms with Crippen molar-refractivity contribution < 1.29 is 23.4 Å². The second-order valence-corrected chi connectivity index (χ2v) is 10.2. The summed E-state index contributed by atoms with van der Waals surface area (Å²) < 4.78 is 41.3. The van der Waals surface area contributed by atoms with Crippen LogP contribution in [0.15, 0.2) is 36.7 Å². The number of benzene rings is 1. The first kappa shape index (κ1) is 25.4. The van der Waals surface area contributed by atoms with Gasteiger partial charge in [0.1, 0.15) is 29.3 Å². The van der Waals surface area contributed by atoms with Gasteiger partial charge in [0, 0.05) is 25.9 Å². The molecule has 1 aliphatic carbocycles. The van der Waals surface area contributed by atoms with Gasteiger partial charge in [-0.15, -0.1) is 11.3 Å². The molecule has 0 bridgehead atoms. The minimum atomic E-state index is -4.44. The van der Waals surface area contributed by atoms with Gasteiger partial charge in [-0.25, -0.2) is 15.0 Å². The Labute approximate surface area is 214 Å².